The third-order valence-electron chi connectivity index (χ3n) is 2.57. The third kappa shape index (κ3) is 1.22. The molecule has 3 aromatic rings. The molecule has 1 heterocycles. The predicted molar refractivity (Wildman–Crippen MR) is 62.0 cm³/mol. The lowest BCUT2D eigenvalue weighted by Crippen LogP contribution is -1.81. The minimum Gasteiger partial charge on any atom is -0.508 e. The van der Waals surface area contributed by atoms with Gasteiger partial charge in [0.05, 0.1) is 5.52 Å². The van der Waals surface area contributed by atoms with Crippen molar-refractivity contribution < 1.29 is 6.53 Å². The van der Waals surface area contributed by atoms with E-state index >= 15 is 0 Å². The second-order valence-electron chi connectivity index (χ2n) is 3.55. The van der Waals surface area contributed by atoms with Crippen LogP contribution in [-0.4, -0.2) is 10.1 Å². The van der Waals surface area contributed by atoms with Gasteiger partial charge in [0.1, 0.15) is 5.75 Å². The van der Waals surface area contributed by atoms with Crippen LogP contribution in [0, 0.1) is 0 Å². The van der Waals surface area contributed by atoms with Crippen molar-refractivity contribution in [2.24, 2.45) is 0 Å². The van der Waals surface area contributed by atoms with Gasteiger partial charge in [-0.3, -0.25) is 4.98 Å². The Morgan fingerprint density at radius 1 is 1.00 bits per heavy atom. The number of hydrogen-bond acceptors (Lipinski definition) is 2. The predicted octanol–water partition coefficient (Wildman–Crippen LogP) is 3.21. The normalized spacial score (nSPS) is 10.9. The van der Waals surface area contributed by atoms with E-state index in [4.69, 9.17) is 0 Å². The topological polar surface area (TPSA) is 33.1 Å². The Labute approximate surface area is 88.3 Å². The summed E-state index contributed by atoms with van der Waals surface area (Å²) in [5, 5.41) is 12.7. The van der Waals surface area contributed by atoms with E-state index in [1.54, 1.807) is 12.1 Å². The van der Waals surface area contributed by atoms with Crippen molar-refractivity contribution in [1.29, 1.82) is 0 Å². The lowest BCUT2D eigenvalue weighted by molar-refractivity contribution is 0.476. The van der Waals surface area contributed by atoms with Crippen molar-refractivity contribution in [3.63, 3.8) is 0 Å². The molecule has 72 valence electrons. The van der Waals surface area contributed by atoms with Gasteiger partial charge in [0.2, 0.25) is 0 Å². The monoisotopic (exact) mass is 196 g/mol. The number of pyridine rings is 1. The lowest BCUT2D eigenvalue weighted by Gasteiger charge is -2.02. The second kappa shape index (κ2) is 2.95. The number of aromatic nitrogens is 1. The number of aromatic hydroxyl groups is 1. The summed E-state index contributed by atoms with van der Waals surface area (Å²) in [6, 6.07) is 13.4. The van der Waals surface area contributed by atoms with Crippen LogP contribution >= 0.6 is 0 Å². The van der Waals surface area contributed by atoms with Crippen molar-refractivity contribution in [2.45, 2.75) is 0 Å². The molecule has 2 nitrogen and oxygen atoms in total. The van der Waals surface area contributed by atoms with Crippen molar-refractivity contribution >= 4 is 21.7 Å². The maximum atomic E-state index is 9.36. The Hall–Kier alpha value is -2.09. The second-order valence-corrected chi connectivity index (χ2v) is 3.55. The molecule has 1 N–H and O–H groups in total. The average molecular weight is 196 g/mol. The van der Waals surface area contributed by atoms with Crippen molar-refractivity contribution in [2.75, 3.05) is 0 Å². The molecule has 0 amide bonds. The number of phenolic OH excluding ortho intramolecular Hbond substituents is 1. The van der Waals surface area contributed by atoms with Gasteiger partial charge in [-0.05, 0) is 17.5 Å². The molecule has 0 unspecified atom stereocenters. The molecule has 0 atom stereocenters. The largest absolute Gasteiger partial charge is 1.00 e. The van der Waals surface area contributed by atoms with Crippen LogP contribution in [0.1, 0.15) is 1.43 Å². The van der Waals surface area contributed by atoms with E-state index in [1.165, 1.54) is 5.39 Å². The highest BCUT2D eigenvalue weighted by molar-refractivity contribution is 6.05. The number of phenols is 1. The molecule has 0 aliphatic carbocycles. The van der Waals surface area contributed by atoms with Gasteiger partial charge in [0, 0.05) is 23.0 Å². The first-order valence-electron chi connectivity index (χ1n) is 4.81. The Balaban J connectivity index is 0.000000963. The van der Waals surface area contributed by atoms with E-state index in [0.29, 0.717) is 0 Å². The van der Waals surface area contributed by atoms with Gasteiger partial charge in [-0.15, -0.1) is 0 Å². The molecule has 0 aliphatic rings. The molecule has 15 heavy (non-hydrogen) atoms. The number of rotatable bonds is 0. The van der Waals surface area contributed by atoms with E-state index in [0.717, 1.165) is 16.3 Å². The Morgan fingerprint density at radius 2 is 1.87 bits per heavy atom. The van der Waals surface area contributed by atoms with Gasteiger partial charge in [-0.25, -0.2) is 0 Å². The smallest absolute Gasteiger partial charge is 0.508 e. The van der Waals surface area contributed by atoms with Crippen molar-refractivity contribution in [1.82, 2.24) is 4.98 Å². The van der Waals surface area contributed by atoms with Crippen LogP contribution in [0.15, 0.2) is 48.7 Å². The summed E-state index contributed by atoms with van der Waals surface area (Å²) in [7, 11) is 0. The molecule has 0 fully saturated rings. The van der Waals surface area contributed by atoms with E-state index in [9.17, 15) is 5.11 Å². The molecular weight excluding hydrogens is 186 g/mol. The van der Waals surface area contributed by atoms with Gasteiger partial charge in [-0.1, -0.05) is 24.3 Å². The van der Waals surface area contributed by atoms with Gasteiger partial charge in [-0.2, -0.15) is 0 Å². The first-order valence-corrected chi connectivity index (χ1v) is 4.81. The van der Waals surface area contributed by atoms with Crippen LogP contribution in [0.2, 0.25) is 0 Å². The summed E-state index contributed by atoms with van der Waals surface area (Å²) in [6.45, 7) is 0. The SMILES string of the molecule is Oc1ccc2c(c1)ncc1ccccc12.[H+]. The zero-order valence-corrected chi connectivity index (χ0v) is 8.01. The zero-order valence-electron chi connectivity index (χ0n) is 9.01. The summed E-state index contributed by atoms with van der Waals surface area (Å²) in [6.07, 6.45) is 1.83. The average Bonchev–Trinajstić information content (AvgIpc) is 2.28. The van der Waals surface area contributed by atoms with Gasteiger partial charge < -0.3 is 5.11 Å². The molecule has 2 heteroatoms. The van der Waals surface area contributed by atoms with Gasteiger partial charge in [0.25, 0.3) is 0 Å². The standard InChI is InChI=1S/C13H9NO/c15-10-5-6-12-11-4-2-1-3-9(11)8-14-13(12)7-10/h1-8,15H/p+1. The highest BCUT2D eigenvalue weighted by Gasteiger charge is 2.01. The summed E-state index contributed by atoms with van der Waals surface area (Å²) < 4.78 is 0. The highest BCUT2D eigenvalue weighted by atomic mass is 16.3. The molecule has 0 bridgehead atoms. The summed E-state index contributed by atoms with van der Waals surface area (Å²) in [5.74, 6) is 0.255. The quantitative estimate of drug-likeness (QED) is 0.560. The molecule has 1 aromatic heterocycles. The molecule has 0 spiro atoms. The van der Waals surface area contributed by atoms with Gasteiger partial charge >= 0.3 is 1.43 Å². The van der Waals surface area contributed by atoms with Crippen LogP contribution < -0.4 is 0 Å². The van der Waals surface area contributed by atoms with E-state index in [1.807, 2.05) is 30.5 Å². The molecule has 2 aromatic carbocycles. The number of fused-ring (bicyclic) bond motifs is 3. The molecule has 0 radical (unpaired) electrons. The number of benzene rings is 2. The first kappa shape index (κ1) is 8.24. The van der Waals surface area contributed by atoms with Crippen LogP contribution in [0.5, 0.6) is 5.75 Å². The fraction of sp³-hybridized carbons (Fsp3) is 0. The maximum absolute atomic E-state index is 9.36. The fourth-order valence-electron chi connectivity index (χ4n) is 1.85. The van der Waals surface area contributed by atoms with E-state index < -0.39 is 0 Å². The zero-order chi connectivity index (χ0) is 10.3. The van der Waals surface area contributed by atoms with Crippen LogP contribution in [0.4, 0.5) is 0 Å². The molecule has 0 saturated heterocycles. The minimum atomic E-state index is 0. The number of nitrogens with zero attached hydrogens (tertiary/aromatic N) is 1. The molecule has 0 saturated carbocycles. The number of hydrogen-bond donors (Lipinski definition) is 1. The summed E-state index contributed by atoms with van der Waals surface area (Å²) >= 11 is 0. The Kier molecular flexibility index (Phi) is 1.62. The van der Waals surface area contributed by atoms with Crippen LogP contribution in [-0.2, 0) is 0 Å². The molecule has 0 aliphatic heterocycles. The van der Waals surface area contributed by atoms with Gasteiger partial charge in [0.15, 0.2) is 0 Å². The maximum Gasteiger partial charge on any atom is 1.00 e. The fourth-order valence-corrected chi connectivity index (χ4v) is 1.85. The van der Waals surface area contributed by atoms with Crippen LogP contribution in [0.3, 0.4) is 0 Å². The third-order valence-corrected chi connectivity index (χ3v) is 2.57. The Morgan fingerprint density at radius 3 is 2.80 bits per heavy atom. The van der Waals surface area contributed by atoms with E-state index in [-0.39, 0.29) is 7.18 Å². The molecule has 3 rings (SSSR count). The Bertz CT molecular complexity index is 652. The summed E-state index contributed by atoms with van der Waals surface area (Å²) in [4.78, 5) is 4.31. The first-order chi connectivity index (χ1) is 7.34. The summed E-state index contributed by atoms with van der Waals surface area (Å²) in [5.41, 5.74) is 0.828. The van der Waals surface area contributed by atoms with E-state index in [2.05, 4.69) is 11.1 Å². The highest BCUT2D eigenvalue weighted by Crippen LogP contribution is 2.25. The minimum absolute atomic E-state index is 0. The molecular formula is C13H10NO+. The van der Waals surface area contributed by atoms with Crippen molar-refractivity contribution in [3.05, 3.63) is 48.7 Å². The van der Waals surface area contributed by atoms with Crippen LogP contribution in [0.25, 0.3) is 21.7 Å². The lowest BCUT2D eigenvalue weighted by atomic mass is 10.1. The van der Waals surface area contributed by atoms with Crippen molar-refractivity contribution in [3.8, 4) is 5.75 Å².